The van der Waals surface area contributed by atoms with E-state index in [4.69, 9.17) is 34.8 Å². The van der Waals surface area contributed by atoms with Crippen molar-refractivity contribution in [3.05, 3.63) is 68.7 Å². The lowest BCUT2D eigenvalue weighted by Crippen LogP contribution is -2.23. The molecule has 20 heavy (non-hydrogen) atoms. The van der Waals surface area contributed by atoms with Crippen molar-refractivity contribution in [3.8, 4) is 0 Å². The van der Waals surface area contributed by atoms with E-state index in [1.165, 1.54) is 0 Å². The number of hydrogen-bond donors (Lipinski definition) is 1. The van der Waals surface area contributed by atoms with E-state index in [1.54, 1.807) is 6.07 Å². The molecule has 2 aromatic rings. The standard InChI is InChI=1S/C16H16Cl3N/c1-10(13-5-3-4-6-15(13)18)20-11(2)14-9-12(17)7-8-16(14)19/h3-11,20H,1-2H3/t10-,11?/m0/s1. The minimum atomic E-state index is 0.0764. The topological polar surface area (TPSA) is 12.0 Å². The van der Waals surface area contributed by atoms with Crippen LogP contribution in [-0.4, -0.2) is 0 Å². The third-order valence-corrected chi connectivity index (χ3v) is 4.22. The summed E-state index contributed by atoms with van der Waals surface area (Å²) in [7, 11) is 0. The van der Waals surface area contributed by atoms with Gasteiger partial charge in [0.05, 0.1) is 0 Å². The smallest absolute Gasteiger partial charge is 0.0454 e. The first-order chi connectivity index (χ1) is 9.49. The minimum absolute atomic E-state index is 0.0764. The maximum atomic E-state index is 6.23. The van der Waals surface area contributed by atoms with Gasteiger partial charge in [-0.1, -0.05) is 53.0 Å². The predicted molar refractivity (Wildman–Crippen MR) is 87.9 cm³/mol. The van der Waals surface area contributed by atoms with E-state index in [9.17, 15) is 0 Å². The largest absolute Gasteiger partial charge is 0.304 e. The fraction of sp³-hybridized carbons (Fsp3) is 0.250. The summed E-state index contributed by atoms with van der Waals surface area (Å²) in [6.45, 7) is 4.14. The van der Waals surface area contributed by atoms with Crippen LogP contribution in [0.2, 0.25) is 15.1 Å². The zero-order valence-corrected chi connectivity index (χ0v) is 13.6. The number of halogens is 3. The first-order valence-electron chi connectivity index (χ1n) is 6.44. The van der Waals surface area contributed by atoms with Crippen molar-refractivity contribution >= 4 is 34.8 Å². The minimum Gasteiger partial charge on any atom is -0.304 e. The highest BCUT2D eigenvalue weighted by Crippen LogP contribution is 2.29. The molecule has 2 rings (SSSR count). The summed E-state index contributed by atoms with van der Waals surface area (Å²) in [5, 5.41) is 5.65. The fourth-order valence-electron chi connectivity index (χ4n) is 2.23. The maximum absolute atomic E-state index is 6.23. The van der Waals surface area contributed by atoms with Crippen molar-refractivity contribution in [3.63, 3.8) is 0 Å². The summed E-state index contributed by atoms with van der Waals surface area (Å²) in [6, 6.07) is 13.5. The second-order valence-corrected chi connectivity index (χ2v) is 6.05. The third kappa shape index (κ3) is 3.67. The van der Waals surface area contributed by atoms with Gasteiger partial charge in [-0.15, -0.1) is 0 Å². The van der Waals surface area contributed by atoms with Crippen LogP contribution < -0.4 is 5.32 Å². The molecule has 0 spiro atoms. The van der Waals surface area contributed by atoms with Gasteiger partial charge in [0.15, 0.2) is 0 Å². The van der Waals surface area contributed by atoms with Gasteiger partial charge in [0.25, 0.3) is 0 Å². The molecule has 0 amide bonds. The Balaban J connectivity index is 2.17. The average molecular weight is 329 g/mol. The lowest BCUT2D eigenvalue weighted by Gasteiger charge is -2.22. The van der Waals surface area contributed by atoms with Crippen molar-refractivity contribution < 1.29 is 0 Å². The zero-order chi connectivity index (χ0) is 14.7. The molecule has 0 saturated carbocycles. The van der Waals surface area contributed by atoms with Gasteiger partial charge in [-0.05, 0) is 49.2 Å². The van der Waals surface area contributed by atoms with Crippen LogP contribution in [0, 0.1) is 0 Å². The molecule has 4 heteroatoms. The Kier molecular flexibility index (Phi) is 5.34. The third-order valence-electron chi connectivity index (χ3n) is 3.30. The Morgan fingerprint density at radius 1 is 0.800 bits per heavy atom. The molecule has 2 aromatic carbocycles. The summed E-state index contributed by atoms with van der Waals surface area (Å²) in [5.41, 5.74) is 2.05. The van der Waals surface area contributed by atoms with Crippen molar-refractivity contribution in [2.45, 2.75) is 25.9 Å². The Hall–Kier alpha value is -0.730. The van der Waals surface area contributed by atoms with Gasteiger partial charge in [0, 0.05) is 27.2 Å². The lowest BCUT2D eigenvalue weighted by atomic mass is 10.0. The van der Waals surface area contributed by atoms with E-state index in [0.29, 0.717) is 10.0 Å². The SMILES string of the molecule is CC(N[C@@H](C)c1ccccc1Cl)c1cc(Cl)ccc1Cl. The van der Waals surface area contributed by atoms with E-state index in [0.717, 1.165) is 16.1 Å². The molecule has 2 atom stereocenters. The van der Waals surface area contributed by atoms with Gasteiger partial charge >= 0.3 is 0 Å². The number of rotatable bonds is 4. The Morgan fingerprint density at radius 2 is 1.40 bits per heavy atom. The van der Waals surface area contributed by atoms with E-state index in [1.807, 2.05) is 36.4 Å². The van der Waals surface area contributed by atoms with Crippen molar-refractivity contribution in [2.75, 3.05) is 0 Å². The summed E-state index contributed by atoms with van der Waals surface area (Å²) in [4.78, 5) is 0. The number of benzene rings is 2. The van der Waals surface area contributed by atoms with Crippen LogP contribution >= 0.6 is 34.8 Å². The van der Waals surface area contributed by atoms with Crippen molar-refractivity contribution in [1.29, 1.82) is 0 Å². The zero-order valence-electron chi connectivity index (χ0n) is 11.3. The molecule has 1 unspecified atom stereocenters. The van der Waals surface area contributed by atoms with Crippen LogP contribution in [-0.2, 0) is 0 Å². The molecule has 1 N–H and O–H groups in total. The molecule has 0 aliphatic heterocycles. The van der Waals surface area contributed by atoms with Gasteiger partial charge in [0.1, 0.15) is 0 Å². The summed E-state index contributed by atoms with van der Waals surface area (Å²) < 4.78 is 0. The van der Waals surface area contributed by atoms with E-state index in [-0.39, 0.29) is 12.1 Å². The summed E-state index contributed by atoms with van der Waals surface area (Å²) in [6.07, 6.45) is 0. The molecule has 0 saturated heterocycles. The summed E-state index contributed by atoms with van der Waals surface area (Å²) >= 11 is 18.5. The molecule has 0 radical (unpaired) electrons. The van der Waals surface area contributed by atoms with Crippen LogP contribution in [0.25, 0.3) is 0 Å². The maximum Gasteiger partial charge on any atom is 0.0454 e. The Bertz CT molecular complexity index is 598. The van der Waals surface area contributed by atoms with E-state index < -0.39 is 0 Å². The van der Waals surface area contributed by atoms with Crippen LogP contribution in [0.1, 0.15) is 37.1 Å². The van der Waals surface area contributed by atoms with Crippen LogP contribution in [0.5, 0.6) is 0 Å². The number of nitrogens with one attached hydrogen (secondary N) is 1. The molecule has 0 aromatic heterocycles. The molecular weight excluding hydrogens is 313 g/mol. The highest BCUT2D eigenvalue weighted by Gasteiger charge is 2.15. The van der Waals surface area contributed by atoms with Crippen LogP contribution in [0.3, 0.4) is 0 Å². The van der Waals surface area contributed by atoms with Crippen molar-refractivity contribution in [2.24, 2.45) is 0 Å². The predicted octanol–water partition coefficient (Wildman–Crippen LogP) is 6.06. The molecule has 1 nitrogen and oxygen atoms in total. The van der Waals surface area contributed by atoms with Gasteiger partial charge in [-0.25, -0.2) is 0 Å². The Morgan fingerprint density at radius 3 is 2.10 bits per heavy atom. The quantitative estimate of drug-likeness (QED) is 0.719. The first-order valence-corrected chi connectivity index (χ1v) is 7.58. The molecule has 0 aliphatic rings. The van der Waals surface area contributed by atoms with Crippen molar-refractivity contribution in [1.82, 2.24) is 5.32 Å². The van der Waals surface area contributed by atoms with Gasteiger partial charge in [-0.2, -0.15) is 0 Å². The molecule has 106 valence electrons. The summed E-state index contributed by atoms with van der Waals surface area (Å²) in [5.74, 6) is 0. The Labute approximate surface area is 134 Å². The van der Waals surface area contributed by atoms with Gasteiger partial charge < -0.3 is 5.32 Å². The highest BCUT2D eigenvalue weighted by atomic mass is 35.5. The normalized spacial score (nSPS) is 14.1. The van der Waals surface area contributed by atoms with Gasteiger partial charge in [-0.3, -0.25) is 0 Å². The highest BCUT2D eigenvalue weighted by molar-refractivity contribution is 6.33. The second-order valence-electron chi connectivity index (χ2n) is 4.80. The molecule has 0 bridgehead atoms. The van der Waals surface area contributed by atoms with E-state index >= 15 is 0 Å². The molecule has 0 aliphatic carbocycles. The fourth-order valence-corrected chi connectivity index (χ4v) is 2.99. The second kappa shape index (κ2) is 6.82. The molecular formula is C16H16Cl3N. The number of hydrogen-bond acceptors (Lipinski definition) is 1. The average Bonchev–Trinajstić information content (AvgIpc) is 2.41. The van der Waals surface area contributed by atoms with Gasteiger partial charge in [0.2, 0.25) is 0 Å². The van der Waals surface area contributed by atoms with E-state index in [2.05, 4.69) is 19.2 Å². The lowest BCUT2D eigenvalue weighted by molar-refractivity contribution is 0.495. The monoisotopic (exact) mass is 327 g/mol. The molecule has 0 fully saturated rings. The van der Waals surface area contributed by atoms with Crippen LogP contribution in [0.15, 0.2) is 42.5 Å². The van der Waals surface area contributed by atoms with Crippen LogP contribution in [0.4, 0.5) is 0 Å². The molecule has 0 heterocycles. The first kappa shape index (κ1) is 15.7.